The van der Waals surface area contributed by atoms with E-state index in [2.05, 4.69) is 20.8 Å². The monoisotopic (exact) mass is 338 g/mol. The van der Waals surface area contributed by atoms with Gasteiger partial charge in [0, 0.05) is 29.5 Å². The van der Waals surface area contributed by atoms with Gasteiger partial charge in [0.2, 0.25) is 5.13 Å². The lowest BCUT2D eigenvalue weighted by molar-refractivity contribution is 0.156. The molecule has 2 aromatic rings. The molecule has 118 valence electrons. The Hall–Kier alpha value is -1.51. The fraction of sp³-hybridized carbons (Fsp3) is 0.500. The number of aromatic nitrogens is 2. The molecule has 0 aliphatic heterocycles. The third-order valence-electron chi connectivity index (χ3n) is 3.87. The van der Waals surface area contributed by atoms with Crippen LogP contribution in [0.1, 0.15) is 25.7 Å². The maximum atomic E-state index is 12.1. The summed E-state index contributed by atoms with van der Waals surface area (Å²) < 4.78 is 0. The zero-order valence-electron chi connectivity index (χ0n) is 12.0. The zero-order chi connectivity index (χ0) is 15.4. The Morgan fingerprint density at radius 1 is 1.36 bits per heavy atom. The van der Waals surface area contributed by atoms with Gasteiger partial charge in [0.15, 0.2) is 0 Å². The largest absolute Gasteiger partial charge is 0.396 e. The van der Waals surface area contributed by atoms with Gasteiger partial charge in [0.05, 0.1) is 0 Å². The Labute approximate surface area is 136 Å². The molecule has 0 aromatic carbocycles. The van der Waals surface area contributed by atoms with Gasteiger partial charge >= 0.3 is 6.03 Å². The number of rotatable bonds is 4. The minimum absolute atomic E-state index is 0.0306. The first-order valence-corrected chi connectivity index (χ1v) is 9.06. The summed E-state index contributed by atoms with van der Waals surface area (Å²) in [5.74, 6) is 0.148. The van der Waals surface area contributed by atoms with Crippen LogP contribution in [0.5, 0.6) is 0 Å². The number of nitrogens with zero attached hydrogens (tertiary/aromatic N) is 2. The van der Waals surface area contributed by atoms with Crippen molar-refractivity contribution in [1.82, 2.24) is 15.5 Å². The molecule has 0 bridgehead atoms. The molecule has 3 rings (SSSR count). The van der Waals surface area contributed by atoms with Crippen LogP contribution in [-0.2, 0) is 0 Å². The van der Waals surface area contributed by atoms with E-state index in [9.17, 15) is 9.90 Å². The molecule has 8 heteroatoms. The van der Waals surface area contributed by atoms with Gasteiger partial charge in [-0.15, -0.1) is 10.2 Å². The highest BCUT2D eigenvalue weighted by Gasteiger charge is 2.26. The van der Waals surface area contributed by atoms with Crippen molar-refractivity contribution in [2.45, 2.75) is 31.7 Å². The molecular formula is C14H18N4O2S2. The van der Waals surface area contributed by atoms with Crippen LogP contribution in [0.4, 0.5) is 9.93 Å². The van der Waals surface area contributed by atoms with Crippen molar-refractivity contribution in [3.63, 3.8) is 0 Å². The summed E-state index contributed by atoms with van der Waals surface area (Å²) in [6.45, 7) is 0.117. The number of carbonyl (C=O) groups excluding carboxylic acids is 1. The number of anilines is 1. The second-order valence-corrected chi connectivity index (χ2v) is 7.11. The van der Waals surface area contributed by atoms with Crippen LogP contribution >= 0.6 is 22.7 Å². The van der Waals surface area contributed by atoms with Gasteiger partial charge in [-0.3, -0.25) is 5.32 Å². The lowest BCUT2D eigenvalue weighted by Crippen LogP contribution is -2.45. The summed E-state index contributed by atoms with van der Waals surface area (Å²) in [6.07, 6.45) is 4.07. The molecule has 3 N–H and O–H groups in total. The maximum absolute atomic E-state index is 12.1. The molecule has 2 atom stereocenters. The van der Waals surface area contributed by atoms with E-state index in [1.807, 2.05) is 16.8 Å². The molecule has 0 saturated heterocycles. The first-order chi connectivity index (χ1) is 10.8. The van der Waals surface area contributed by atoms with Crippen molar-refractivity contribution in [2.24, 2.45) is 5.92 Å². The van der Waals surface area contributed by atoms with Gasteiger partial charge in [0.25, 0.3) is 0 Å². The van der Waals surface area contributed by atoms with E-state index in [0.29, 0.717) is 5.13 Å². The van der Waals surface area contributed by atoms with Gasteiger partial charge in [-0.1, -0.05) is 24.2 Å². The Bertz CT molecular complexity index is 614. The van der Waals surface area contributed by atoms with Crippen molar-refractivity contribution in [3.8, 4) is 10.6 Å². The van der Waals surface area contributed by atoms with Crippen LogP contribution in [0.15, 0.2) is 16.8 Å². The number of urea groups is 1. The molecular weight excluding hydrogens is 320 g/mol. The Kier molecular flexibility index (Phi) is 5.01. The van der Waals surface area contributed by atoms with Gasteiger partial charge < -0.3 is 10.4 Å². The smallest absolute Gasteiger partial charge is 0.321 e. The van der Waals surface area contributed by atoms with E-state index in [0.717, 1.165) is 36.3 Å². The molecule has 0 spiro atoms. The number of nitrogens with one attached hydrogen (secondary N) is 2. The van der Waals surface area contributed by atoms with Crippen LogP contribution in [0.3, 0.4) is 0 Å². The third kappa shape index (κ3) is 3.63. The molecule has 1 saturated carbocycles. The predicted molar refractivity (Wildman–Crippen MR) is 88.2 cm³/mol. The lowest BCUT2D eigenvalue weighted by Gasteiger charge is -2.30. The summed E-state index contributed by atoms with van der Waals surface area (Å²) >= 11 is 2.95. The molecule has 22 heavy (non-hydrogen) atoms. The summed E-state index contributed by atoms with van der Waals surface area (Å²) in [5.41, 5.74) is 1.02. The van der Waals surface area contributed by atoms with Crippen molar-refractivity contribution in [3.05, 3.63) is 16.8 Å². The van der Waals surface area contributed by atoms with E-state index in [-0.39, 0.29) is 24.6 Å². The SMILES string of the molecule is O=C(Nc1nnc(-c2ccsc2)s1)N[C@H]1CCCC[C@H]1CO. The van der Waals surface area contributed by atoms with Crippen molar-refractivity contribution >= 4 is 33.8 Å². The highest BCUT2D eigenvalue weighted by molar-refractivity contribution is 7.19. The number of aliphatic hydroxyl groups excluding tert-OH is 1. The van der Waals surface area contributed by atoms with Crippen molar-refractivity contribution in [2.75, 3.05) is 11.9 Å². The van der Waals surface area contributed by atoms with E-state index < -0.39 is 0 Å². The van der Waals surface area contributed by atoms with Crippen LogP contribution in [0.2, 0.25) is 0 Å². The number of aliphatic hydroxyl groups is 1. The van der Waals surface area contributed by atoms with Crippen molar-refractivity contribution in [1.29, 1.82) is 0 Å². The van der Waals surface area contributed by atoms with E-state index in [1.54, 1.807) is 11.3 Å². The average molecular weight is 338 g/mol. The van der Waals surface area contributed by atoms with E-state index >= 15 is 0 Å². The first-order valence-electron chi connectivity index (χ1n) is 7.30. The third-order valence-corrected chi connectivity index (χ3v) is 5.44. The highest BCUT2D eigenvalue weighted by Crippen LogP contribution is 2.28. The first kappa shape index (κ1) is 15.4. The Morgan fingerprint density at radius 3 is 3.00 bits per heavy atom. The van der Waals surface area contributed by atoms with Crippen LogP contribution in [0, 0.1) is 5.92 Å². The van der Waals surface area contributed by atoms with Gasteiger partial charge in [-0.25, -0.2) is 4.79 Å². The number of amides is 2. The van der Waals surface area contributed by atoms with E-state index in [1.165, 1.54) is 11.3 Å². The fourth-order valence-corrected chi connectivity index (χ4v) is 4.14. The molecule has 1 aliphatic rings. The molecule has 2 amide bonds. The number of carbonyl (C=O) groups is 1. The average Bonchev–Trinajstić information content (AvgIpc) is 3.18. The van der Waals surface area contributed by atoms with Gasteiger partial charge in [-0.2, -0.15) is 11.3 Å². The zero-order valence-corrected chi connectivity index (χ0v) is 13.6. The second-order valence-electron chi connectivity index (χ2n) is 5.36. The van der Waals surface area contributed by atoms with Crippen molar-refractivity contribution < 1.29 is 9.90 Å². The second kappa shape index (κ2) is 7.17. The maximum Gasteiger partial charge on any atom is 0.321 e. The molecule has 0 radical (unpaired) electrons. The van der Waals surface area contributed by atoms with E-state index in [4.69, 9.17) is 0 Å². The quantitative estimate of drug-likeness (QED) is 0.800. The molecule has 1 aliphatic carbocycles. The fourth-order valence-electron chi connectivity index (χ4n) is 2.69. The minimum Gasteiger partial charge on any atom is -0.396 e. The minimum atomic E-state index is -0.279. The van der Waals surface area contributed by atoms with Crippen LogP contribution in [-0.4, -0.2) is 34.0 Å². The predicted octanol–water partition coefficient (Wildman–Crippen LogP) is 2.94. The summed E-state index contributed by atoms with van der Waals surface area (Å²) in [7, 11) is 0. The highest BCUT2D eigenvalue weighted by atomic mass is 32.1. The molecule has 2 aromatic heterocycles. The summed E-state index contributed by atoms with van der Waals surface area (Å²) in [5, 5.41) is 28.4. The van der Waals surface area contributed by atoms with Gasteiger partial charge in [-0.05, 0) is 24.3 Å². The van der Waals surface area contributed by atoms with Crippen LogP contribution in [0.25, 0.3) is 10.6 Å². The summed E-state index contributed by atoms with van der Waals surface area (Å²) in [4.78, 5) is 12.1. The number of hydrogen-bond acceptors (Lipinski definition) is 6. The lowest BCUT2D eigenvalue weighted by atomic mass is 9.85. The number of hydrogen-bond donors (Lipinski definition) is 3. The normalized spacial score (nSPS) is 21.5. The molecule has 2 heterocycles. The summed E-state index contributed by atoms with van der Waals surface area (Å²) in [6, 6.07) is 1.73. The van der Waals surface area contributed by atoms with Crippen LogP contribution < -0.4 is 10.6 Å². The Morgan fingerprint density at radius 2 is 2.23 bits per heavy atom. The Balaban J connectivity index is 1.57. The molecule has 6 nitrogen and oxygen atoms in total. The molecule has 0 unspecified atom stereocenters. The molecule has 1 fully saturated rings. The standard InChI is InChI=1S/C14H18N4O2S2/c19-7-9-3-1-2-4-11(9)15-13(20)16-14-18-17-12(22-14)10-5-6-21-8-10/h5-6,8-9,11,19H,1-4,7H2,(H2,15,16,18,20)/t9-,11-/m0/s1. The van der Waals surface area contributed by atoms with Gasteiger partial charge in [0.1, 0.15) is 5.01 Å². The number of thiophene rings is 1. The topological polar surface area (TPSA) is 87.1 Å².